The molecular weight excluding hydrogens is 415 g/mol. The molecule has 0 aliphatic carbocycles. The minimum Gasteiger partial charge on any atom is -0.481 e. The van der Waals surface area contributed by atoms with Crippen LogP contribution in [0.15, 0.2) is 41.2 Å². The number of likely N-dealkylation sites (N-methyl/N-ethyl adjacent to an activating group) is 1. The van der Waals surface area contributed by atoms with Gasteiger partial charge in [-0.2, -0.15) is 0 Å². The molecule has 3 aromatic rings. The molecule has 0 radical (unpaired) electrons. The van der Waals surface area contributed by atoms with Crippen molar-refractivity contribution in [1.82, 2.24) is 9.13 Å². The highest BCUT2D eigenvalue weighted by molar-refractivity contribution is 6.54. The molecule has 1 atom stereocenters. The third-order valence-electron chi connectivity index (χ3n) is 6.78. The molecule has 168 valence electrons. The van der Waals surface area contributed by atoms with Gasteiger partial charge in [0.05, 0.1) is 29.7 Å². The number of carbonyl (C=O) groups excluding carboxylic acids is 1. The number of anilines is 1. The van der Waals surface area contributed by atoms with Crippen molar-refractivity contribution in [3.05, 3.63) is 58.0 Å². The van der Waals surface area contributed by atoms with Crippen molar-refractivity contribution in [1.29, 1.82) is 0 Å². The molecule has 0 fully saturated rings. The lowest BCUT2D eigenvalue weighted by Gasteiger charge is -2.17. The van der Waals surface area contributed by atoms with Crippen molar-refractivity contribution < 1.29 is 14.7 Å². The Hall–Kier alpha value is -3.16. The summed E-state index contributed by atoms with van der Waals surface area (Å²) in [5.74, 6) is -0.889. The molecular formula is C23H28B3N3O4. The number of benzene rings is 2. The predicted octanol–water partition coefficient (Wildman–Crippen LogP) is -0.679. The molecule has 4 rings (SSSR count). The molecule has 1 unspecified atom stereocenters. The zero-order valence-electron chi connectivity index (χ0n) is 19.9. The molecule has 1 aromatic heterocycles. The number of nitrogens with zero attached hydrogens (tertiary/aromatic N) is 3. The summed E-state index contributed by atoms with van der Waals surface area (Å²) in [6, 6.07) is 11.2. The highest BCUT2D eigenvalue weighted by Crippen LogP contribution is 2.39. The van der Waals surface area contributed by atoms with Crippen LogP contribution in [0.1, 0.15) is 43.4 Å². The Bertz CT molecular complexity index is 1330. The van der Waals surface area contributed by atoms with E-state index in [0.29, 0.717) is 13.0 Å². The third kappa shape index (κ3) is 3.71. The molecule has 0 saturated heterocycles. The first-order chi connectivity index (χ1) is 15.6. The van der Waals surface area contributed by atoms with Crippen molar-refractivity contribution in [2.75, 3.05) is 11.9 Å². The van der Waals surface area contributed by atoms with Gasteiger partial charge in [0.15, 0.2) is 0 Å². The van der Waals surface area contributed by atoms with E-state index in [2.05, 4.69) is 6.07 Å². The van der Waals surface area contributed by atoms with Gasteiger partial charge in [0.2, 0.25) is 5.91 Å². The third-order valence-corrected chi connectivity index (χ3v) is 6.78. The quantitative estimate of drug-likeness (QED) is 0.491. The topological polar surface area (TPSA) is 84.5 Å². The average Bonchev–Trinajstić information content (AvgIpc) is 3.11. The standard InChI is InChI=1S/C23H28B3N3O4/c1-3-6-15(11-19(30)31)29-18-8-5-4-7-17(18)28(22(29)33)12-13-9-14(24)10-16-20(13)27(2)21(32)23(16,25)26/h4-5,7-10,15H,3,6,11-12,24-26H2,1-2H3,(H,30,31). The Kier molecular flexibility index (Phi) is 5.80. The molecule has 0 spiro atoms. The van der Waals surface area contributed by atoms with Crippen LogP contribution in [-0.4, -0.2) is 56.7 Å². The number of carboxylic acids is 1. The molecule has 1 aliphatic heterocycles. The number of para-hydroxylation sites is 2. The van der Waals surface area contributed by atoms with E-state index < -0.39 is 17.2 Å². The largest absolute Gasteiger partial charge is 0.481 e. The summed E-state index contributed by atoms with van der Waals surface area (Å²) < 4.78 is 3.35. The summed E-state index contributed by atoms with van der Waals surface area (Å²) >= 11 is 0. The number of amides is 1. The number of hydrogen-bond acceptors (Lipinski definition) is 3. The van der Waals surface area contributed by atoms with E-state index in [1.54, 1.807) is 21.1 Å². The van der Waals surface area contributed by atoms with Crippen molar-refractivity contribution in [2.24, 2.45) is 0 Å². The summed E-state index contributed by atoms with van der Waals surface area (Å²) in [4.78, 5) is 39.9. The van der Waals surface area contributed by atoms with Crippen LogP contribution in [0.5, 0.6) is 0 Å². The van der Waals surface area contributed by atoms with E-state index in [1.807, 2.05) is 60.8 Å². The van der Waals surface area contributed by atoms with Crippen molar-refractivity contribution in [2.45, 2.75) is 44.0 Å². The Morgan fingerprint density at radius 1 is 1.15 bits per heavy atom. The fourth-order valence-corrected chi connectivity index (χ4v) is 5.25. The lowest BCUT2D eigenvalue weighted by molar-refractivity contribution is -0.138. The summed E-state index contributed by atoms with van der Waals surface area (Å²) in [6.45, 7) is 2.29. The number of hydrogen-bond donors (Lipinski definition) is 1. The van der Waals surface area contributed by atoms with Gasteiger partial charge in [0.25, 0.3) is 0 Å². The molecule has 2 heterocycles. The number of fused-ring (bicyclic) bond motifs is 2. The second-order valence-electron chi connectivity index (χ2n) is 9.58. The van der Waals surface area contributed by atoms with Gasteiger partial charge in [-0.05, 0) is 29.7 Å². The monoisotopic (exact) mass is 443 g/mol. The lowest BCUT2D eigenvalue weighted by Crippen LogP contribution is -2.39. The van der Waals surface area contributed by atoms with Crippen molar-refractivity contribution in [3.8, 4) is 0 Å². The molecule has 1 aliphatic rings. The Labute approximate surface area is 195 Å². The Balaban J connectivity index is 1.91. The van der Waals surface area contributed by atoms with Crippen LogP contribution in [0.2, 0.25) is 0 Å². The predicted molar refractivity (Wildman–Crippen MR) is 138 cm³/mol. The van der Waals surface area contributed by atoms with Crippen molar-refractivity contribution in [3.63, 3.8) is 0 Å². The van der Waals surface area contributed by atoms with Crippen LogP contribution >= 0.6 is 0 Å². The van der Waals surface area contributed by atoms with Gasteiger partial charge in [-0.15, -0.1) is 0 Å². The first-order valence-corrected chi connectivity index (χ1v) is 11.4. The second kappa shape index (κ2) is 8.32. The lowest BCUT2D eigenvalue weighted by atomic mass is 9.51. The summed E-state index contributed by atoms with van der Waals surface area (Å²) in [5.41, 5.74) is 5.03. The van der Waals surface area contributed by atoms with Crippen LogP contribution in [0.4, 0.5) is 5.69 Å². The maximum atomic E-state index is 13.7. The minimum absolute atomic E-state index is 0.0311. The van der Waals surface area contributed by atoms with E-state index in [9.17, 15) is 19.5 Å². The molecule has 10 heteroatoms. The molecule has 33 heavy (non-hydrogen) atoms. The summed E-state index contributed by atoms with van der Waals surface area (Å²) in [6.07, 6.45) is 1.27. The van der Waals surface area contributed by atoms with E-state index in [0.717, 1.165) is 39.7 Å². The molecule has 7 nitrogen and oxygen atoms in total. The molecule has 0 saturated carbocycles. The molecule has 0 bridgehead atoms. The van der Waals surface area contributed by atoms with Crippen LogP contribution in [0, 0.1) is 0 Å². The van der Waals surface area contributed by atoms with Gasteiger partial charge in [-0.1, -0.05) is 43.1 Å². The maximum Gasteiger partial charge on any atom is 0.329 e. The van der Waals surface area contributed by atoms with Crippen molar-refractivity contribution >= 4 is 57.6 Å². The van der Waals surface area contributed by atoms with E-state index >= 15 is 0 Å². The van der Waals surface area contributed by atoms with Gasteiger partial charge in [-0.3, -0.25) is 18.7 Å². The number of aromatic nitrogens is 2. The molecule has 1 N–H and O–H groups in total. The Morgan fingerprint density at radius 3 is 2.45 bits per heavy atom. The highest BCUT2D eigenvalue weighted by atomic mass is 16.4. The maximum absolute atomic E-state index is 13.7. The van der Waals surface area contributed by atoms with E-state index in [4.69, 9.17) is 0 Å². The first kappa shape index (κ1) is 23.0. The normalized spacial score (nSPS) is 15.7. The summed E-state index contributed by atoms with van der Waals surface area (Å²) in [5, 5.41) is 8.83. The van der Waals surface area contributed by atoms with Crippen LogP contribution in [-0.2, 0) is 21.3 Å². The number of imidazole rings is 1. The zero-order chi connectivity index (χ0) is 24.1. The number of carboxylic acid groups (broad SMARTS) is 1. The average molecular weight is 443 g/mol. The van der Waals surface area contributed by atoms with Crippen LogP contribution < -0.4 is 16.1 Å². The van der Waals surface area contributed by atoms with E-state index in [1.165, 1.54) is 0 Å². The highest BCUT2D eigenvalue weighted by Gasteiger charge is 2.43. The Morgan fingerprint density at radius 2 is 1.82 bits per heavy atom. The first-order valence-electron chi connectivity index (χ1n) is 11.4. The van der Waals surface area contributed by atoms with Gasteiger partial charge in [0.1, 0.15) is 23.5 Å². The van der Waals surface area contributed by atoms with Gasteiger partial charge in [-0.25, -0.2) is 4.79 Å². The SMILES string of the molecule is Bc1cc(Cn2c(=O)n(C(CCC)CC(=O)O)c3ccccc32)c2c(c1)C(B)(B)C(=O)N2C. The number of aliphatic carboxylic acids is 1. The molecule has 2 aromatic carbocycles. The fraction of sp³-hybridized carbons (Fsp3) is 0.348. The zero-order valence-corrected chi connectivity index (χ0v) is 19.9. The van der Waals surface area contributed by atoms with Crippen LogP contribution in [0.3, 0.4) is 0 Å². The number of carbonyl (C=O) groups is 2. The van der Waals surface area contributed by atoms with Gasteiger partial charge >= 0.3 is 11.7 Å². The summed E-state index contributed by atoms with van der Waals surface area (Å²) in [7, 11) is 7.64. The smallest absolute Gasteiger partial charge is 0.329 e. The van der Waals surface area contributed by atoms with E-state index in [-0.39, 0.29) is 18.0 Å². The van der Waals surface area contributed by atoms with Gasteiger partial charge < -0.3 is 10.0 Å². The van der Waals surface area contributed by atoms with Crippen LogP contribution in [0.25, 0.3) is 11.0 Å². The second-order valence-corrected chi connectivity index (χ2v) is 9.58. The molecule has 1 amide bonds. The van der Waals surface area contributed by atoms with Gasteiger partial charge in [0, 0.05) is 18.3 Å². The number of rotatable bonds is 7. The minimum atomic E-state index is -0.920. The fourth-order valence-electron chi connectivity index (χ4n) is 5.25.